The molecule has 47 heavy (non-hydrogen) atoms. The van der Waals surface area contributed by atoms with Crippen LogP contribution in [0.2, 0.25) is 23.2 Å². The Bertz CT molecular complexity index is 1750. The second kappa shape index (κ2) is 13.7. The van der Waals surface area contributed by atoms with E-state index >= 15 is 0 Å². The summed E-state index contributed by atoms with van der Waals surface area (Å²) in [7, 11) is 1.21. The van der Waals surface area contributed by atoms with Crippen molar-refractivity contribution < 1.29 is 19.1 Å². The molecule has 5 rings (SSSR count). The van der Waals surface area contributed by atoms with Gasteiger partial charge in [0.25, 0.3) is 0 Å². The molecule has 0 bridgehead atoms. The zero-order chi connectivity index (χ0) is 34.3. The lowest BCUT2D eigenvalue weighted by molar-refractivity contribution is 0.0794. The lowest BCUT2D eigenvalue weighted by Gasteiger charge is -2.39. The number of nitrogens with zero attached hydrogens (tertiary/aromatic N) is 7. The van der Waals surface area contributed by atoms with Crippen molar-refractivity contribution in [1.82, 2.24) is 29.6 Å². The number of carbonyl (C=O) groups is 1. The fourth-order valence-electron chi connectivity index (χ4n) is 5.25. The molecule has 1 amide bonds. The maximum atomic E-state index is 11.7. The number of benzene rings is 1. The van der Waals surface area contributed by atoms with Gasteiger partial charge in [0, 0.05) is 38.0 Å². The van der Waals surface area contributed by atoms with Gasteiger partial charge in [0.05, 0.1) is 45.4 Å². The average molecular weight is 790 g/mol. The summed E-state index contributed by atoms with van der Waals surface area (Å²) in [5.74, 6) is 1.80. The quantitative estimate of drug-likeness (QED) is 0.130. The van der Waals surface area contributed by atoms with Crippen LogP contribution in [0.25, 0.3) is 22.8 Å². The van der Waals surface area contributed by atoms with Crippen molar-refractivity contribution in [3.63, 3.8) is 0 Å². The number of anilines is 1. The second-order valence-corrected chi connectivity index (χ2v) is 19.7. The second-order valence-electron chi connectivity index (χ2n) is 13.4. The van der Waals surface area contributed by atoms with E-state index in [-0.39, 0.29) is 18.2 Å². The van der Waals surface area contributed by atoms with Crippen molar-refractivity contribution in [3.05, 3.63) is 68.1 Å². The van der Waals surface area contributed by atoms with Gasteiger partial charge in [0.15, 0.2) is 14.1 Å². The molecule has 0 spiro atoms. The number of rotatable bonds is 10. The minimum absolute atomic E-state index is 0.0584. The van der Waals surface area contributed by atoms with Gasteiger partial charge in [-0.1, -0.05) is 38.4 Å². The van der Waals surface area contributed by atoms with Crippen LogP contribution in [0.1, 0.15) is 37.6 Å². The molecule has 3 aromatic heterocycles. The molecule has 4 heterocycles. The van der Waals surface area contributed by atoms with Crippen molar-refractivity contribution in [2.75, 3.05) is 25.1 Å². The third-order valence-corrected chi connectivity index (χ3v) is 14.6. The molecule has 1 aliphatic heterocycles. The van der Waals surface area contributed by atoms with E-state index in [2.05, 4.69) is 77.5 Å². The van der Waals surface area contributed by atoms with Gasteiger partial charge in [0.2, 0.25) is 0 Å². The van der Waals surface area contributed by atoms with E-state index in [1.807, 2.05) is 43.2 Å². The Kier molecular flexibility index (Phi) is 10.2. The number of fused-ring (bicyclic) bond motifs is 1. The summed E-state index contributed by atoms with van der Waals surface area (Å²) in [6, 6.07) is 9.44. The average Bonchev–Trinajstić information content (AvgIpc) is 3.58. The van der Waals surface area contributed by atoms with E-state index in [9.17, 15) is 9.90 Å². The molecule has 250 valence electrons. The number of pyridine rings is 1. The Hall–Kier alpha value is -3.27. The van der Waals surface area contributed by atoms with Crippen LogP contribution in [-0.4, -0.2) is 75.5 Å². The van der Waals surface area contributed by atoms with Gasteiger partial charge in [-0.05, 0) is 77.5 Å². The lowest BCUT2D eigenvalue weighted by atomic mass is 10.1. The number of hydrogen-bond donors (Lipinski definition) is 1. The minimum atomic E-state index is -2.23. The van der Waals surface area contributed by atoms with Crippen molar-refractivity contribution in [3.8, 4) is 28.5 Å². The summed E-state index contributed by atoms with van der Waals surface area (Å²) in [6.45, 7) is 14.4. The van der Waals surface area contributed by atoms with Gasteiger partial charge < -0.3 is 24.1 Å². The molecule has 1 N–H and O–H groups in total. The maximum absolute atomic E-state index is 11.7. The molecule has 14 heteroatoms. The highest BCUT2D eigenvalue weighted by atomic mass is 127. The highest BCUT2D eigenvalue weighted by molar-refractivity contribution is 14.1. The molecule has 11 nitrogen and oxygen atoms in total. The molecule has 1 atom stereocenters. The highest BCUT2D eigenvalue weighted by Crippen LogP contribution is 2.39. The molecule has 1 aliphatic rings. The number of amides is 1. The number of aromatic nitrogens is 5. The number of aryl methyl sites for hydroxylation is 1. The number of ether oxygens (including phenoxy) is 1. The molecule has 0 unspecified atom stereocenters. The van der Waals surface area contributed by atoms with Gasteiger partial charge in [-0.15, -0.1) is 0 Å². The third kappa shape index (κ3) is 7.57. The molecular weight excluding hydrogens is 749 g/mol. The minimum Gasteiger partial charge on any atom is -0.491 e. The van der Waals surface area contributed by atoms with Crippen LogP contribution in [0.4, 0.5) is 10.6 Å². The first-order valence-corrected chi connectivity index (χ1v) is 19.7. The third-order valence-electron chi connectivity index (χ3n) is 8.91. The first-order chi connectivity index (χ1) is 22.1. The van der Waals surface area contributed by atoms with Gasteiger partial charge in [-0.25, -0.2) is 14.8 Å². The van der Waals surface area contributed by atoms with Crippen molar-refractivity contribution >= 4 is 54.4 Å². The fourth-order valence-corrected chi connectivity index (χ4v) is 7.51. The molecule has 1 aromatic carbocycles. The van der Waals surface area contributed by atoms with E-state index in [0.29, 0.717) is 35.2 Å². The monoisotopic (exact) mass is 789 g/mol. The number of likely N-dealkylation sites (N-methyl/N-ethyl adjacent to an activating group) is 1. The Balaban J connectivity index is 1.51. The van der Waals surface area contributed by atoms with Crippen LogP contribution < -0.4 is 9.64 Å². The summed E-state index contributed by atoms with van der Waals surface area (Å²) in [4.78, 5) is 29.9. The lowest BCUT2D eigenvalue weighted by Crippen LogP contribution is -2.49. The van der Waals surface area contributed by atoms with E-state index in [4.69, 9.17) is 30.7 Å². The summed E-state index contributed by atoms with van der Waals surface area (Å²) in [5.41, 5.74) is 5.39. The van der Waals surface area contributed by atoms with E-state index in [1.165, 1.54) is 17.5 Å². The predicted octanol–water partition coefficient (Wildman–Crippen LogP) is 7.40. The molecule has 0 radical (unpaired) electrons. The Morgan fingerprint density at radius 3 is 2.60 bits per heavy atom. The van der Waals surface area contributed by atoms with Crippen LogP contribution in [0, 0.1) is 10.5 Å². The first kappa shape index (κ1) is 35.0. The predicted molar refractivity (Wildman–Crippen MR) is 194 cm³/mol. The van der Waals surface area contributed by atoms with Crippen LogP contribution in [0.15, 0.2) is 42.7 Å². The molecule has 0 saturated carbocycles. The van der Waals surface area contributed by atoms with Gasteiger partial charge in [-0.2, -0.15) is 5.10 Å². The molecule has 4 aromatic rings. The molecular formula is C33H41ClIN7O4Si. The van der Waals surface area contributed by atoms with Crippen LogP contribution in [-0.2, 0) is 24.6 Å². The number of carboxylic acid groups (broad SMARTS) is 1. The Labute approximate surface area is 295 Å². The number of halogens is 2. The van der Waals surface area contributed by atoms with E-state index in [1.54, 1.807) is 12.1 Å². The van der Waals surface area contributed by atoms with Gasteiger partial charge in [-0.3, -0.25) is 9.67 Å². The topological polar surface area (TPSA) is 119 Å². The van der Waals surface area contributed by atoms with E-state index < -0.39 is 20.5 Å². The SMILES string of the molecule is Cc1c(-c2c(I)cnn2C)nc(-c2cc(OC[C@@H](CN(C)C(=O)O)O[Si](C)(C)C(C)(C)C)ccc2Cl)nc1N1Cc2cccnc2C1. The Morgan fingerprint density at radius 1 is 1.21 bits per heavy atom. The maximum Gasteiger partial charge on any atom is 0.407 e. The molecule has 0 aliphatic carbocycles. The largest absolute Gasteiger partial charge is 0.491 e. The Morgan fingerprint density at radius 2 is 1.96 bits per heavy atom. The normalized spacial score (nSPS) is 13.9. The van der Waals surface area contributed by atoms with Gasteiger partial charge >= 0.3 is 6.09 Å². The summed E-state index contributed by atoms with van der Waals surface area (Å²) >= 11 is 9.11. The van der Waals surface area contributed by atoms with Crippen molar-refractivity contribution in [2.45, 2.75) is 65.0 Å². The molecule has 0 fully saturated rings. The summed E-state index contributed by atoms with van der Waals surface area (Å²) in [6.07, 6.45) is 2.14. The summed E-state index contributed by atoms with van der Waals surface area (Å²) < 4.78 is 15.7. The standard InChI is InChI=1S/C33H41ClIN7O4Si/c1-20-28(29-26(35)15-37-41(29)6)38-30(39-31(20)42-16-21-10-9-13-36-27(21)18-42)24-14-22(11-12-25(24)34)45-19-23(17-40(5)32(43)44)46-47(7,8)33(2,3)4/h9-15,23H,16-19H2,1-8H3,(H,43,44)/t23-/m1/s1. The first-order valence-electron chi connectivity index (χ1n) is 15.3. The highest BCUT2D eigenvalue weighted by Gasteiger charge is 2.40. The number of hydrogen-bond acceptors (Lipinski definition) is 8. The van der Waals surface area contributed by atoms with Crippen LogP contribution in [0.5, 0.6) is 5.75 Å². The van der Waals surface area contributed by atoms with Crippen molar-refractivity contribution in [2.24, 2.45) is 7.05 Å². The van der Waals surface area contributed by atoms with Gasteiger partial charge in [0.1, 0.15) is 23.9 Å². The fraction of sp³-hybridized carbons (Fsp3) is 0.424. The zero-order valence-corrected chi connectivity index (χ0v) is 31.9. The van der Waals surface area contributed by atoms with E-state index in [0.717, 1.165) is 32.0 Å². The smallest absolute Gasteiger partial charge is 0.407 e. The van der Waals surface area contributed by atoms with Crippen molar-refractivity contribution in [1.29, 1.82) is 0 Å². The van der Waals surface area contributed by atoms with Crippen LogP contribution in [0.3, 0.4) is 0 Å². The molecule has 0 saturated heterocycles. The zero-order valence-electron chi connectivity index (χ0n) is 28.0. The van der Waals surface area contributed by atoms with Crippen LogP contribution >= 0.6 is 34.2 Å². The summed E-state index contributed by atoms with van der Waals surface area (Å²) in [5, 5.41) is 14.5.